The summed E-state index contributed by atoms with van der Waals surface area (Å²) < 4.78 is 26.9. The second-order valence-corrected chi connectivity index (χ2v) is 11.8. The van der Waals surface area contributed by atoms with Crippen LogP contribution in [0.15, 0.2) is 36.5 Å². The van der Waals surface area contributed by atoms with Gasteiger partial charge >= 0.3 is 12.2 Å². The Labute approximate surface area is 232 Å². The standard InChI is InChI=1S/C27H34ClFN6O4/c1-26(2,3)38-24(36)33-12-8-10-18(16-33)31-21-14-22(35-23(32-21)20(28)15-30-35)34(25(37)39-27(4,5)6)19-11-7-9-17(29)13-19/h7,9,11,13-15,18H,8,10,12,16H2,1-6H3,(H,31,32). The fraction of sp³-hybridized carbons (Fsp3) is 0.481. The zero-order valence-electron chi connectivity index (χ0n) is 23.0. The van der Waals surface area contributed by atoms with Crippen LogP contribution in [-0.4, -0.2) is 62.0 Å². The van der Waals surface area contributed by atoms with E-state index in [1.807, 2.05) is 20.8 Å². The van der Waals surface area contributed by atoms with E-state index < -0.39 is 23.1 Å². The first kappa shape index (κ1) is 28.4. The molecule has 1 aliphatic heterocycles. The first-order chi connectivity index (χ1) is 18.2. The molecule has 0 bridgehead atoms. The maximum atomic E-state index is 14.3. The first-order valence-corrected chi connectivity index (χ1v) is 13.2. The van der Waals surface area contributed by atoms with Gasteiger partial charge in [-0.2, -0.15) is 9.61 Å². The second-order valence-electron chi connectivity index (χ2n) is 11.4. The Kier molecular flexibility index (Phi) is 7.92. The average Bonchev–Trinajstić information content (AvgIpc) is 3.18. The molecule has 1 saturated heterocycles. The summed E-state index contributed by atoms with van der Waals surface area (Å²) in [5.74, 6) is 0.127. The zero-order valence-corrected chi connectivity index (χ0v) is 23.8. The number of hydrogen-bond acceptors (Lipinski definition) is 7. The number of carbonyl (C=O) groups is 2. The first-order valence-electron chi connectivity index (χ1n) is 12.8. The molecule has 12 heteroatoms. The number of aromatic nitrogens is 3. The molecular weight excluding hydrogens is 527 g/mol. The smallest absolute Gasteiger partial charge is 0.420 e. The summed E-state index contributed by atoms with van der Waals surface area (Å²) in [5, 5.41) is 7.94. The lowest BCUT2D eigenvalue weighted by Gasteiger charge is -2.34. The molecule has 1 atom stereocenters. The van der Waals surface area contributed by atoms with Gasteiger partial charge in [0.25, 0.3) is 0 Å². The van der Waals surface area contributed by atoms with E-state index in [0.717, 1.165) is 12.8 Å². The lowest BCUT2D eigenvalue weighted by Crippen LogP contribution is -2.47. The van der Waals surface area contributed by atoms with Crippen molar-refractivity contribution in [2.24, 2.45) is 0 Å². The predicted octanol–water partition coefficient (Wildman–Crippen LogP) is 6.41. The minimum absolute atomic E-state index is 0.139. The Balaban J connectivity index is 1.71. The SMILES string of the molecule is CC(C)(C)OC(=O)N1CCCC(Nc2cc(N(C(=O)OC(C)(C)C)c3cccc(F)c3)n3ncc(Cl)c3n2)C1. The van der Waals surface area contributed by atoms with E-state index in [2.05, 4.69) is 15.4 Å². The molecule has 1 fully saturated rings. The normalized spacial score (nSPS) is 16.2. The van der Waals surface area contributed by atoms with E-state index in [1.54, 1.807) is 37.8 Å². The minimum Gasteiger partial charge on any atom is -0.444 e. The number of nitrogens with zero attached hydrogens (tertiary/aromatic N) is 5. The number of anilines is 3. The van der Waals surface area contributed by atoms with Crippen molar-refractivity contribution in [1.29, 1.82) is 0 Å². The van der Waals surface area contributed by atoms with Gasteiger partial charge in [-0.15, -0.1) is 0 Å². The van der Waals surface area contributed by atoms with Crippen molar-refractivity contribution in [1.82, 2.24) is 19.5 Å². The van der Waals surface area contributed by atoms with Gasteiger partial charge in [-0.25, -0.2) is 23.9 Å². The molecule has 1 aliphatic rings. The van der Waals surface area contributed by atoms with Gasteiger partial charge < -0.3 is 19.7 Å². The van der Waals surface area contributed by atoms with E-state index >= 15 is 0 Å². The number of amides is 2. The Morgan fingerprint density at radius 3 is 2.51 bits per heavy atom. The molecule has 1 unspecified atom stereocenters. The lowest BCUT2D eigenvalue weighted by atomic mass is 10.1. The fourth-order valence-electron chi connectivity index (χ4n) is 4.20. The molecule has 10 nitrogen and oxygen atoms in total. The highest BCUT2D eigenvalue weighted by Gasteiger charge is 2.31. The Hall–Kier alpha value is -3.60. The van der Waals surface area contributed by atoms with Crippen LogP contribution < -0.4 is 10.2 Å². The molecule has 0 aliphatic carbocycles. The lowest BCUT2D eigenvalue weighted by molar-refractivity contribution is 0.0206. The summed E-state index contributed by atoms with van der Waals surface area (Å²) in [4.78, 5) is 33.6. The largest absolute Gasteiger partial charge is 0.444 e. The molecule has 0 radical (unpaired) electrons. The number of carbonyl (C=O) groups excluding carboxylic acids is 2. The molecule has 4 rings (SSSR count). The van der Waals surface area contributed by atoms with Crippen molar-refractivity contribution < 1.29 is 23.5 Å². The molecule has 1 N–H and O–H groups in total. The van der Waals surface area contributed by atoms with Crippen molar-refractivity contribution in [2.75, 3.05) is 23.3 Å². The van der Waals surface area contributed by atoms with Crippen LogP contribution in [0.3, 0.4) is 0 Å². The Morgan fingerprint density at radius 2 is 1.85 bits per heavy atom. The highest BCUT2D eigenvalue weighted by molar-refractivity contribution is 6.33. The van der Waals surface area contributed by atoms with Crippen LogP contribution >= 0.6 is 11.6 Å². The number of likely N-dealkylation sites (tertiary alicyclic amines) is 1. The molecule has 0 saturated carbocycles. The average molecular weight is 561 g/mol. The molecule has 1 aromatic carbocycles. The zero-order chi connectivity index (χ0) is 28.5. The van der Waals surface area contributed by atoms with Crippen LogP contribution in [-0.2, 0) is 9.47 Å². The summed E-state index contributed by atoms with van der Waals surface area (Å²) in [6.45, 7) is 11.7. The van der Waals surface area contributed by atoms with E-state index in [1.165, 1.54) is 33.8 Å². The number of nitrogens with one attached hydrogen (secondary N) is 1. The van der Waals surface area contributed by atoms with E-state index in [0.29, 0.717) is 24.6 Å². The molecule has 210 valence electrons. The van der Waals surface area contributed by atoms with Gasteiger partial charge in [-0.05, 0) is 72.6 Å². The molecule has 39 heavy (non-hydrogen) atoms. The van der Waals surface area contributed by atoms with E-state index in [9.17, 15) is 14.0 Å². The van der Waals surface area contributed by atoms with Gasteiger partial charge in [-0.1, -0.05) is 17.7 Å². The summed E-state index contributed by atoms with van der Waals surface area (Å²) in [6.07, 6.45) is 1.87. The maximum Gasteiger partial charge on any atom is 0.420 e. The molecule has 3 aromatic rings. The third-order valence-electron chi connectivity index (χ3n) is 5.71. The van der Waals surface area contributed by atoms with Crippen LogP contribution in [0.25, 0.3) is 5.65 Å². The van der Waals surface area contributed by atoms with Crippen LogP contribution in [0.1, 0.15) is 54.4 Å². The summed E-state index contributed by atoms with van der Waals surface area (Å²) >= 11 is 6.41. The van der Waals surface area contributed by atoms with Gasteiger partial charge in [0.1, 0.15) is 33.7 Å². The third-order valence-corrected chi connectivity index (χ3v) is 5.97. The molecule has 2 aromatic heterocycles. The molecule has 2 amide bonds. The van der Waals surface area contributed by atoms with E-state index in [4.69, 9.17) is 21.1 Å². The van der Waals surface area contributed by atoms with Crippen molar-refractivity contribution >= 4 is 46.8 Å². The van der Waals surface area contributed by atoms with Gasteiger partial charge in [-0.3, -0.25) is 0 Å². The number of hydrogen-bond donors (Lipinski definition) is 1. The topological polar surface area (TPSA) is 101 Å². The molecular formula is C27H34ClFN6O4. The van der Waals surface area contributed by atoms with Crippen molar-refractivity contribution in [3.63, 3.8) is 0 Å². The monoisotopic (exact) mass is 560 g/mol. The van der Waals surface area contributed by atoms with Crippen LogP contribution in [0, 0.1) is 5.82 Å². The number of rotatable bonds is 4. The fourth-order valence-corrected chi connectivity index (χ4v) is 4.37. The van der Waals surface area contributed by atoms with Gasteiger partial charge in [0, 0.05) is 25.2 Å². The predicted molar refractivity (Wildman–Crippen MR) is 147 cm³/mol. The minimum atomic E-state index is -0.815. The molecule has 0 spiro atoms. The maximum absolute atomic E-state index is 14.3. The molecule has 3 heterocycles. The quantitative estimate of drug-likeness (QED) is 0.393. The van der Waals surface area contributed by atoms with Crippen molar-refractivity contribution in [2.45, 2.75) is 71.6 Å². The van der Waals surface area contributed by atoms with Gasteiger partial charge in [0.15, 0.2) is 5.65 Å². The highest BCUT2D eigenvalue weighted by Crippen LogP contribution is 2.32. The summed E-state index contributed by atoms with van der Waals surface area (Å²) in [7, 11) is 0. The van der Waals surface area contributed by atoms with Crippen molar-refractivity contribution in [3.8, 4) is 0 Å². The van der Waals surface area contributed by atoms with Crippen LogP contribution in [0.4, 0.5) is 31.3 Å². The second kappa shape index (κ2) is 10.9. The Morgan fingerprint density at radius 1 is 1.13 bits per heavy atom. The number of ether oxygens (including phenoxy) is 2. The number of fused-ring (bicyclic) bond motifs is 1. The van der Waals surface area contributed by atoms with Gasteiger partial charge in [0.05, 0.1) is 11.9 Å². The third kappa shape index (κ3) is 7.08. The Bertz CT molecular complexity index is 1370. The van der Waals surface area contributed by atoms with Gasteiger partial charge in [0.2, 0.25) is 0 Å². The summed E-state index contributed by atoms with van der Waals surface area (Å²) in [5.41, 5.74) is -0.880. The number of halogens is 2. The van der Waals surface area contributed by atoms with Crippen LogP contribution in [0.2, 0.25) is 5.02 Å². The number of benzene rings is 1. The summed E-state index contributed by atoms with van der Waals surface area (Å²) in [6, 6.07) is 7.10. The number of piperidine rings is 1. The highest BCUT2D eigenvalue weighted by atomic mass is 35.5. The van der Waals surface area contributed by atoms with Crippen LogP contribution in [0.5, 0.6) is 0 Å². The van der Waals surface area contributed by atoms with Crippen molar-refractivity contribution in [3.05, 3.63) is 47.4 Å². The van der Waals surface area contributed by atoms with E-state index in [-0.39, 0.29) is 28.7 Å².